The standard InChI is InChI=1S/C16H23NO3S/c1-3-15(12-4-6-14(20-2)7-5-12)17-8-9-21-11-13(17)10-16(18)19/h4-7,13,15H,3,8-11H2,1-2H3,(H,18,19). The maximum Gasteiger partial charge on any atom is 0.304 e. The quantitative estimate of drug-likeness (QED) is 0.875. The predicted octanol–water partition coefficient (Wildman–Crippen LogP) is 3.04. The average molecular weight is 309 g/mol. The second kappa shape index (κ2) is 7.71. The molecule has 116 valence electrons. The van der Waals surface area contributed by atoms with Crippen molar-refractivity contribution in [2.45, 2.75) is 31.8 Å². The number of rotatable bonds is 6. The molecule has 0 aliphatic carbocycles. The van der Waals surface area contributed by atoms with Gasteiger partial charge in [-0.25, -0.2) is 0 Å². The maximum atomic E-state index is 11.1. The molecule has 1 aliphatic heterocycles. The van der Waals surface area contributed by atoms with Gasteiger partial charge in [0.2, 0.25) is 0 Å². The summed E-state index contributed by atoms with van der Waals surface area (Å²) in [5.74, 6) is 2.11. The van der Waals surface area contributed by atoms with Crippen LogP contribution < -0.4 is 4.74 Å². The van der Waals surface area contributed by atoms with Gasteiger partial charge in [-0.1, -0.05) is 19.1 Å². The van der Waals surface area contributed by atoms with Crippen molar-refractivity contribution in [3.8, 4) is 5.75 Å². The number of carbonyl (C=O) groups is 1. The summed E-state index contributed by atoms with van der Waals surface area (Å²) >= 11 is 1.85. The Morgan fingerprint density at radius 2 is 2.19 bits per heavy atom. The number of methoxy groups -OCH3 is 1. The smallest absolute Gasteiger partial charge is 0.304 e. The maximum absolute atomic E-state index is 11.1. The Bertz CT molecular complexity index is 463. The SMILES string of the molecule is CCC(c1ccc(OC)cc1)N1CCSCC1CC(=O)O. The lowest BCUT2D eigenvalue weighted by Crippen LogP contribution is -2.45. The van der Waals surface area contributed by atoms with Crippen molar-refractivity contribution in [1.82, 2.24) is 4.90 Å². The number of ether oxygens (including phenoxy) is 1. The topological polar surface area (TPSA) is 49.8 Å². The average Bonchev–Trinajstić information content (AvgIpc) is 2.50. The first-order valence-electron chi connectivity index (χ1n) is 7.35. The molecule has 0 amide bonds. The summed E-state index contributed by atoms with van der Waals surface area (Å²) in [5.41, 5.74) is 1.24. The summed E-state index contributed by atoms with van der Waals surface area (Å²) in [7, 11) is 1.66. The Morgan fingerprint density at radius 3 is 2.76 bits per heavy atom. The van der Waals surface area contributed by atoms with Gasteiger partial charge in [0.1, 0.15) is 5.75 Å². The molecule has 2 unspecified atom stereocenters. The molecule has 1 aromatic rings. The third-order valence-electron chi connectivity index (χ3n) is 3.97. The molecule has 1 saturated heterocycles. The molecule has 0 saturated carbocycles. The highest BCUT2D eigenvalue weighted by atomic mass is 32.2. The predicted molar refractivity (Wildman–Crippen MR) is 86.1 cm³/mol. The van der Waals surface area contributed by atoms with Crippen LogP contribution in [0.3, 0.4) is 0 Å². The molecule has 1 aromatic carbocycles. The summed E-state index contributed by atoms with van der Waals surface area (Å²) < 4.78 is 5.21. The third kappa shape index (κ3) is 4.14. The molecule has 0 aromatic heterocycles. The molecule has 1 heterocycles. The summed E-state index contributed by atoms with van der Waals surface area (Å²) in [6.45, 7) is 3.11. The van der Waals surface area contributed by atoms with Crippen LogP contribution in [-0.4, -0.2) is 47.2 Å². The van der Waals surface area contributed by atoms with Crippen LogP contribution in [0.5, 0.6) is 5.75 Å². The first-order valence-corrected chi connectivity index (χ1v) is 8.50. The number of hydrogen-bond acceptors (Lipinski definition) is 4. The van der Waals surface area contributed by atoms with Crippen LogP contribution in [0.4, 0.5) is 0 Å². The van der Waals surface area contributed by atoms with Crippen molar-refractivity contribution in [2.24, 2.45) is 0 Å². The first-order chi connectivity index (χ1) is 10.2. The summed E-state index contributed by atoms with van der Waals surface area (Å²) in [6, 6.07) is 8.53. The van der Waals surface area contributed by atoms with Crippen LogP contribution in [0.15, 0.2) is 24.3 Å². The molecule has 0 radical (unpaired) electrons. The van der Waals surface area contributed by atoms with Gasteiger partial charge in [0.05, 0.1) is 13.5 Å². The normalized spacial score (nSPS) is 21.0. The number of benzene rings is 1. The number of nitrogens with zero attached hydrogens (tertiary/aromatic N) is 1. The van der Waals surface area contributed by atoms with E-state index in [0.29, 0.717) is 0 Å². The fourth-order valence-corrected chi connectivity index (χ4v) is 4.03. The van der Waals surface area contributed by atoms with Crippen LogP contribution in [0.1, 0.15) is 31.4 Å². The van der Waals surface area contributed by atoms with Gasteiger partial charge in [0.25, 0.3) is 0 Å². The molecule has 4 nitrogen and oxygen atoms in total. The highest BCUT2D eigenvalue weighted by molar-refractivity contribution is 7.99. The molecule has 5 heteroatoms. The van der Waals surface area contributed by atoms with E-state index in [2.05, 4.69) is 24.0 Å². The monoisotopic (exact) mass is 309 g/mol. The second-order valence-electron chi connectivity index (χ2n) is 5.26. The highest BCUT2D eigenvalue weighted by Crippen LogP contribution is 2.32. The van der Waals surface area contributed by atoms with E-state index < -0.39 is 5.97 Å². The Morgan fingerprint density at radius 1 is 1.48 bits per heavy atom. The Balaban J connectivity index is 2.18. The summed E-state index contributed by atoms with van der Waals surface area (Å²) in [4.78, 5) is 13.5. The van der Waals surface area contributed by atoms with E-state index in [1.54, 1.807) is 7.11 Å². The molecule has 1 fully saturated rings. The molecular formula is C16H23NO3S. The van der Waals surface area contributed by atoms with Gasteiger partial charge in [-0.05, 0) is 24.1 Å². The molecule has 2 rings (SSSR count). The Hall–Kier alpha value is -1.20. The van der Waals surface area contributed by atoms with Gasteiger partial charge in [0.15, 0.2) is 0 Å². The zero-order valence-electron chi connectivity index (χ0n) is 12.6. The van der Waals surface area contributed by atoms with E-state index in [-0.39, 0.29) is 18.5 Å². The zero-order valence-corrected chi connectivity index (χ0v) is 13.4. The van der Waals surface area contributed by atoms with Gasteiger partial charge >= 0.3 is 5.97 Å². The first kappa shape index (κ1) is 16.2. The number of carboxylic acids is 1. The fraction of sp³-hybridized carbons (Fsp3) is 0.562. The molecule has 2 atom stereocenters. The fourth-order valence-electron chi connectivity index (χ4n) is 2.94. The van der Waals surface area contributed by atoms with Gasteiger partial charge in [-0.15, -0.1) is 0 Å². The minimum absolute atomic E-state index is 0.119. The summed E-state index contributed by atoms with van der Waals surface area (Å²) in [6.07, 6.45) is 1.20. The number of hydrogen-bond donors (Lipinski definition) is 1. The van der Waals surface area contributed by atoms with Crippen molar-refractivity contribution < 1.29 is 14.6 Å². The van der Waals surface area contributed by atoms with Crippen molar-refractivity contribution >= 4 is 17.7 Å². The zero-order chi connectivity index (χ0) is 15.2. The van der Waals surface area contributed by atoms with E-state index >= 15 is 0 Å². The van der Waals surface area contributed by atoms with Crippen LogP contribution in [-0.2, 0) is 4.79 Å². The van der Waals surface area contributed by atoms with Crippen LogP contribution in [0.25, 0.3) is 0 Å². The molecular weight excluding hydrogens is 286 g/mol. The minimum Gasteiger partial charge on any atom is -0.497 e. The van der Waals surface area contributed by atoms with E-state index in [1.165, 1.54) is 5.56 Å². The Labute approximate surface area is 130 Å². The molecule has 0 spiro atoms. The van der Waals surface area contributed by atoms with Crippen LogP contribution in [0.2, 0.25) is 0 Å². The second-order valence-corrected chi connectivity index (χ2v) is 6.41. The van der Waals surface area contributed by atoms with E-state index in [9.17, 15) is 4.79 Å². The van der Waals surface area contributed by atoms with Gasteiger partial charge in [-0.3, -0.25) is 9.69 Å². The van der Waals surface area contributed by atoms with Crippen molar-refractivity contribution in [2.75, 3.05) is 25.2 Å². The highest BCUT2D eigenvalue weighted by Gasteiger charge is 2.30. The van der Waals surface area contributed by atoms with Crippen molar-refractivity contribution in [3.05, 3.63) is 29.8 Å². The van der Waals surface area contributed by atoms with Crippen LogP contribution >= 0.6 is 11.8 Å². The molecule has 1 N–H and O–H groups in total. The number of aliphatic carboxylic acids is 1. The van der Waals surface area contributed by atoms with E-state index in [4.69, 9.17) is 9.84 Å². The van der Waals surface area contributed by atoms with Crippen molar-refractivity contribution in [3.63, 3.8) is 0 Å². The molecule has 0 bridgehead atoms. The minimum atomic E-state index is -0.711. The number of carboxylic acid groups (broad SMARTS) is 1. The number of thioether (sulfide) groups is 1. The van der Waals surface area contributed by atoms with Gasteiger partial charge in [-0.2, -0.15) is 11.8 Å². The van der Waals surface area contributed by atoms with Crippen molar-refractivity contribution in [1.29, 1.82) is 0 Å². The summed E-state index contributed by atoms with van der Waals surface area (Å²) in [5, 5.41) is 9.12. The Kier molecular flexibility index (Phi) is 5.94. The van der Waals surface area contributed by atoms with E-state index in [0.717, 1.165) is 30.2 Å². The van der Waals surface area contributed by atoms with E-state index in [1.807, 2.05) is 23.9 Å². The largest absolute Gasteiger partial charge is 0.497 e. The molecule has 21 heavy (non-hydrogen) atoms. The lowest BCUT2D eigenvalue weighted by atomic mass is 10.00. The molecule has 1 aliphatic rings. The lowest BCUT2D eigenvalue weighted by molar-refractivity contribution is -0.138. The van der Waals surface area contributed by atoms with Crippen LogP contribution in [0, 0.1) is 0 Å². The van der Waals surface area contributed by atoms with Gasteiger partial charge in [0, 0.05) is 30.1 Å². The third-order valence-corrected chi connectivity index (χ3v) is 5.06. The van der Waals surface area contributed by atoms with Gasteiger partial charge < -0.3 is 9.84 Å². The lowest BCUT2D eigenvalue weighted by Gasteiger charge is -2.40.